The smallest absolute Gasteiger partial charge is 0.267 e. The van der Waals surface area contributed by atoms with E-state index in [1.807, 2.05) is 65.2 Å². The van der Waals surface area contributed by atoms with E-state index in [-0.39, 0.29) is 0 Å². The van der Waals surface area contributed by atoms with Crippen molar-refractivity contribution >= 4 is 41.3 Å². The number of imidazole rings is 1. The average Bonchev–Trinajstić information content (AvgIpc) is 3.26. The predicted molar refractivity (Wildman–Crippen MR) is 139 cm³/mol. The largest absolute Gasteiger partial charge is 0.493 e. The van der Waals surface area contributed by atoms with E-state index in [0.717, 1.165) is 11.1 Å². The first-order valence-corrected chi connectivity index (χ1v) is 11.0. The summed E-state index contributed by atoms with van der Waals surface area (Å²) in [6.45, 7) is 0. The van der Waals surface area contributed by atoms with Gasteiger partial charge in [0.05, 0.1) is 21.3 Å². The van der Waals surface area contributed by atoms with E-state index in [0.29, 0.717) is 40.1 Å². The van der Waals surface area contributed by atoms with Gasteiger partial charge < -0.3 is 19.5 Å². The summed E-state index contributed by atoms with van der Waals surface area (Å²) in [6, 6.07) is 17.2. The highest BCUT2D eigenvalue weighted by Gasteiger charge is 2.16. The van der Waals surface area contributed by atoms with Crippen molar-refractivity contribution in [1.29, 1.82) is 0 Å². The van der Waals surface area contributed by atoms with Crippen molar-refractivity contribution in [3.8, 4) is 17.2 Å². The van der Waals surface area contributed by atoms with E-state index in [1.54, 1.807) is 45.0 Å². The summed E-state index contributed by atoms with van der Waals surface area (Å²) in [6.07, 6.45) is 8.57. The van der Waals surface area contributed by atoms with Crippen LogP contribution in [0.2, 0.25) is 0 Å². The lowest BCUT2D eigenvalue weighted by Crippen LogP contribution is -2.14. The maximum absolute atomic E-state index is 11.4. The lowest BCUT2D eigenvalue weighted by molar-refractivity contribution is -0.124. The van der Waals surface area contributed by atoms with E-state index in [9.17, 15) is 4.79 Å². The molecule has 0 atom stereocenters. The van der Waals surface area contributed by atoms with Gasteiger partial charge in [-0.3, -0.25) is 14.4 Å². The number of ether oxygens (including phenoxy) is 3. The summed E-state index contributed by atoms with van der Waals surface area (Å²) < 4.78 is 18.3. The number of anilines is 2. The van der Waals surface area contributed by atoms with Crippen LogP contribution in [0.3, 0.4) is 0 Å². The fourth-order valence-electron chi connectivity index (χ4n) is 3.66. The molecule has 4 aromatic rings. The highest BCUT2D eigenvalue weighted by molar-refractivity contribution is 5.91. The molecule has 0 aliphatic rings. The van der Waals surface area contributed by atoms with E-state index < -0.39 is 5.91 Å². The Morgan fingerprint density at radius 3 is 2.28 bits per heavy atom. The van der Waals surface area contributed by atoms with Gasteiger partial charge in [-0.25, -0.2) is 10.5 Å². The maximum Gasteiger partial charge on any atom is 0.267 e. The van der Waals surface area contributed by atoms with E-state index in [2.05, 4.69) is 5.32 Å². The van der Waals surface area contributed by atoms with Crippen LogP contribution < -0.4 is 25.0 Å². The number of amides is 1. The molecular formula is C27H26N4O5. The van der Waals surface area contributed by atoms with Crippen molar-refractivity contribution in [3.05, 3.63) is 83.7 Å². The second-order valence-corrected chi connectivity index (χ2v) is 7.63. The van der Waals surface area contributed by atoms with Gasteiger partial charge >= 0.3 is 0 Å². The van der Waals surface area contributed by atoms with Gasteiger partial charge in [-0.1, -0.05) is 36.4 Å². The summed E-state index contributed by atoms with van der Waals surface area (Å²) in [5, 5.41) is 12.2. The first-order valence-electron chi connectivity index (χ1n) is 11.0. The number of nitrogens with one attached hydrogen (secondary N) is 2. The number of fused-ring (bicyclic) bond motifs is 1. The molecule has 0 saturated heterocycles. The molecule has 3 N–H and O–H groups in total. The van der Waals surface area contributed by atoms with Gasteiger partial charge in [0.25, 0.3) is 5.91 Å². The van der Waals surface area contributed by atoms with Gasteiger partial charge in [-0.15, -0.1) is 0 Å². The number of carbonyl (C=O) groups excluding carboxylic acids is 1. The van der Waals surface area contributed by atoms with Crippen molar-refractivity contribution in [2.24, 2.45) is 0 Å². The number of carbonyl (C=O) groups is 1. The number of rotatable bonds is 9. The molecule has 0 saturated carbocycles. The minimum absolute atomic E-state index is 0.488. The third-order valence-corrected chi connectivity index (χ3v) is 5.37. The van der Waals surface area contributed by atoms with Crippen LogP contribution in [0.15, 0.2) is 66.9 Å². The Morgan fingerprint density at radius 1 is 0.917 bits per heavy atom. The van der Waals surface area contributed by atoms with Crippen LogP contribution in [-0.4, -0.2) is 41.8 Å². The number of nitrogens with zero attached hydrogens (tertiary/aromatic N) is 2. The standard InChI is InChI=1S/C27H26N4O5/c1-34-22-15-20(16-23(35-2)26(22)36-3)28-27-21(12-9-18-7-5-4-6-8-18)29-24-13-10-19(17-31(24)27)11-14-25(32)30-33/h4-17,28,33H,1-3H3,(H,30,32). The molecule has 0 aliphatic carbocycles. The zero-order chi connectivity index (χ0) is 25.5. The molecular weight excluding hydrogens is 460 g/mol. The monoisotopic (exact) mass is 486 g/mol. The van der Waals surface area contributed by atoms with Crippen LogP contribution >= 0.6 is 0 Å². The number of pyridine rings is 1. The SMILES string of the molecule is COc1cc(Nc2c(C=Cc3ccccc3)nc3ccc(C=CC(=O)NO)cn23)cc(OC)c1OC. The molecule has 9 nitrogen and oxygen atoms in total. The molecule has 2 aromatic carbocycles. The predicted octanol–water partition coefficient (Wildman–Crippen LogP) is 4.79. The topological polar surface area (TPSA) is 106 Å². The van der Waals surface area contributed by atoms with Crippen LogP contribution in [0.1, 0.15) is 16.8 Å². The highest BCUT2D eigenvalue weighted by Crippen LogP contribution is 2.41. The first-order chi connectivity index (χ1) is 17.6. The first kappa shape index (κ1) is 24.4. The van der Waals surface area contributed by atoms with Crippen molar-refractivity contribution in [3.63, 3.8) is 0 Å². The molecule has 184 valence electrons. The number of hydrogen-bond acceptors (Lipinski definition) is 7. The van der Waals surface area contributed by atoms with Gasteiger partial charge in [0.1, 0.15) is 17.2 Å². The maximum atomic E-state index is 11.4. The molecule has 2 heterocycles. The fraction of sp³-hybridized carbons (Fsp3) is 0.111. The molecule has 9 heteroatoms. The van der Waals surface area contributed by atoms with Crippen LogP contribution in [-0.2, 0) is 4.79 Å². The molecule has 1 amide bonds. The average molecular weight is 487 g/mol. The van der Waals surface area contributed by atoms with E-state index >= 15 is 0 Å². The van der Waals surface area contributed by atoms with Gasteiger partial charge in [0, 0.05) is 30.1 Å². The molecule has 0 radical (unpaired) electrons. The number of benzene rings is 2. The lowest BCUT2D eigenvalue weighted by Gasteiger charge is -2.15. The van der Waals surface area contributed by atoms with Crippen LogP contribution in [0.4, 0.5) is 11.5 Å². The van der Waals surface area contributed by atoms with Gasteiger partial charge in [0.15, 0.2) is 11.5 Å². The van der Waals surface area contributed by atoms with E-state index in [1.165, 1.54) is 6.08 Å². The molecule has 0 fully saturated rings. The number of hydroxylamine groups is 1. The zero-order valence-electron chi connectivity index (χ0n) is 20.1. The summed E-state index contributed by atoms with van der Waals surface area (Å²) in [5.74, 6) is 1.57. The molecule has 2 aromatic heterocycles. The Kier molecular flexibility index (Phi) is 7.52. The Labute approximate surface area is 208 Å². The second-order valence-electron chi connectivity index (χ2n) is 7.63. The van der Waals surface area contributed by atoms with Crippen molar-refractivity contribution in [2.75, 3.05) is 26.6 Å². The zero-order valence-corrected chi connectivity index (χ0v) is 20.1. The number of methoxy groups -OCH3 is 3. The molecule has 0 spiro atoms. The van der Waals surface area contributed by atoms with Crippen molar-refractivity contribution in [2.45, 2.75) is 0 Å². The van der Waals surface area contributed by atoms with Gasteiger partial charge in [-0.05, 0) is 35.4 Å². The van der Waals surface area contributed by atoms with Crippen LogP contribution in [0.25, 0.3) is 23.9 Å². The summed E-state index contributed by atoms with van der Waals surface area (Å²) >= 11 is 0. The Bertz CT molecular complexity index is 1400. The number of aromatic nitrogens is 2. The second kappa shape index (κ2) is 11.1. The third-order valence-electron chi connectivity index (χ3n) is 5.37. The van der Waals surface area contributed by atoms with Gasteiger partial charge in [-0.2, -0.15) is 0 Å². The molecule has 0 unspecified atom stereocenters. The van der Waals surface area contributed by atoms with Crippen LogP contribution in [0.5, 0.6) is 17.2 Å². The minimum atomic E-state index is -0.622. The highest BCUT2D eigenvalue weighted by atomic mass is 16.5. The lowest BCUT2D eigenvalue weighted by atomic mass is 10.2. The summed E-state index contributed by atoms with van der Waals surface area (Å²) in [7, 11) is 4.67. The quantitative estimate of drug-likeness (QED) is 0.177. The third kappa shape index (κ3) is 5.31. The minimum Gasteiger partial charge on any atom is -0.493 e. The Morgan fingerprint density at radius 2 is 1.64 bits per heavy atom. The van der Waals surface area contributed by atoms with Crippen molar-refractivity contribution < 1.29 is 24.2 Å². The normalized spacial score (nSPS) is 11.2. The fourth-order valence-corrected chi connectivity index (χ4v) is 3.66. The molecule has 0 aliphatic heterocycles. The summed E-state index contributed by atoms with van der Waals surface area (Å²) in [4.78, 5) is 16.2. The van der Waals surface area contributed by atoms with Crippen LogP contribution in [0, 0.1) is 0 Å². The molecule has 0 bridgehead atoms. The molecule has 4 rings (SSSR count). The van der Waals surface area contributed by atoms with Crippen molar-refractivity contribution in [1.82, 2.24) is 14.9 Å². The number of hydrogen-bond donors (Lipinski definition) is 3. The Balaban J connectivity index is 1.82. The Hall–Kier alpha value is -4.76. The summed E-state index contributed by atoms with van der Waals surface area (Å²) in [5.41, 5.74) is 5.44. The van der Waals surface area contributed by atoms with Gasteiger partial charge in [0.2, 0.25) is 5.75 Å². The molecule has 36 heavy (non-hydrogen) atoms. The van der Waals surface area contributed by atoms with E-state index in [4.69, 9.17) is 24.4 Å².